The molecule has 0 unspecified atom stereocenters. The molecule has 2 aromatic rings. The molecule has 0 radical (unpaired) electrons. The van der Waals surface area contributed by atoms with Crippen molar-refractivity contribution in [2.75, 3.05) is 20.8 Å². The molecule has 1 heterocycles. The van der Waals surface area contributed by atoms with Crippen LogP contribution in [0.3, 0.4) is 0 Å². The van der Waals surface area contributed by atoms with Crippen molar-refractivity contribution in [1.29, 1.82) is 0 Å². The summed E-state index contributed by atoms with van der Waals surface area (Å²) in [5.41, 5.74) is 3.79. The molecule has 28 heavy (non-hydrogen) atoms. The van der Waals surface area contributed by atoms with Crippen LogP contribution in [0.1, 0.15) is 28.8 Å². The van der Waals surface area contributed by atoms with E-state index in [4.69, 9.17) is 14.3 Å². The van der Waals surface area contributed by atoms with Crippen molar-refractivity contribution >= 4 is 11.8 Å². The fourth-order valence-corrected chi connectivity index (χ4v) is 3.27. The number of carbonyl (C=O) groups excluding carboxylic acids is 2. The molecule has 7 nitrogen and oxygen atoms in total. The number of nitrogens with one attached hydrogen (secondary N) is 1. The summed E-state index contributed by atoms with van der Waals surface area (Å²) in [7, 11) is 2.90. The number of ether oxygens (including phenoxy) is 2. The number of benzene rings is 2. The van der Waals surface area contributed by atoms with Gasteiger partial charge in [0.05, 0.1) is 14.2 Å². The van der Waals surface area contributed by atoms with E-state index in [0.717, 1.165) is 12.0 Å². The number of amides is 2. The monoisotopic (exact) mass is 384 g/mol. The minimum absolute atomic E-state index is 0.221. The average Bonchev–Trinajstić information content (AvgIpc) is 3.22. The summed E-state index contributed by atoms with van der Waals surface area (Å²) in [5.74, 6) is 0.488. The first-order chi connectivity index (χ1) is 13.6. The molecule has 1 aliphatic rings. The number of likely N-dealkylation sites (tertiary alicyclic amines) is 1. The van der Waals surface area contributed by atoms with E-state index in [-0.39, 0.29) is 11.8 Å². The van der Waals surface area contributed by atoms with Crippen molar-refractivity contribution in [3.63, 3.8) is 0 Å². The van der Waals surface area contributed by atoms with Crippen LogP contribution >= 0.6 is 0 Å². The van der Waals surface area contributed by atoms with Crippen LogP contribution in [0.25, 0.3) is 0 Å². The maximum atomic E-state index is 12.9. The second-order valence-corrected chi connectivity index (χ2v) is 6.47. The van der Waals surface area contributed by atoms with E-state index in [1.54, 1.807) is 23.1 Å². The fraction of sp³-hybridized carbons (Fsp3) is 0.333. The highest BCUT2D eigenvalue weighted by Crippen LogP contribution is 2.30. The van der Waals surface area contributed by atoms with Crippen molar-refractivity contribution in [2.24, 2.45) is 0 Å². The van der Waals surface area contributed by atoms with E-state index in [2.05, 4.69) is 5.48 Å². The van der Waals surface area contributed by atoms with Crippen LogP contribution in [0.5, 0.6) is 11.5 Å². The average molecular weight is 384 g/mol. The number of carbonyl (C=O) groups is 2. The second-order valence-electron chi connectivity index (χ2n) is 6.47. The highest BCUT2D eigenvalue weighted by Gasteiger charge is 2.34. The van der Waals surface area contributed by atoms with Crippen molar-refractivity contribution < 1.29 is 23.9 Å². The Morgan fingerprint density at radius 1 is 1.11 bits per heavy atom. The van der Waals surface area contributed by atoms with E-state index < -0.39 is 6.04 Å². The standard InChI is InChI=1S/C21H24N2O5/c1-26-19-13-16(10-11-18(19)28-14-15-7-4-3-5-8-15)21(25)23-12-6-9-17(23)20(24)22-27-2/h3-5,7-8,10-11,13,17H,6,9,12,14H2,1-2H3,(H,22,24)/t17-/m0/s1. The summed E-state index contributed by atoms with van der Waals surface area (Å²) in [5, 5.41) is 0. The lowest BCUT2D eigenvalue weighted by molar-refractivity contribution is -0.135. The summed E-state index contributed by atoms with van der Waals surface area (Å²) in [6.07, 6.45) is 1.37. The summed E-state index contributed by atoms with van der Waals surface area (Å²) in [6.45, 7) is 0.922. The number of hydroxylamine groups is 1. The zero-order chi connectivity index (χ0) is 19.9. The van der Waals surface area contributed by atoms with Gasteiger partial charge in [-0.2, -0.15) is 0 Å². The Morgan fingerprint density at radius 3 is 2.61 bits per heavy atom. The smallest absolute Gasteiger partial charge is 0.266 e. The lowest BCUT2D eigenvalue weighted by atomic mass is 10.1. The molecular weight excluding hydrogens is 360 g/mol. The van der Waals surface area contributed by atoms with Crippen LogP contribution in [0.15, 0.2) is 48.5 Å². The lowest BCUT2D eigenvalue weighted by Crippen LogP contribution is -2.45. The first kappa shape index (κ1) is 19.7. The van der Waals surface area contributed by atoms with Crippen molar-refractivity contribution in [3.8, 4) is 11.5 Å². The molecule has 0 spiro atoms. The Bertz CT molecular complexity index is 825. The van der Waals surface area contributed by atoms with Gasteiger partial charge in [0.25, 0.3) is 11.8 Å². The Labute approximate surface area is 164 Å². The largest absolute Gasteiger partial charge is 0.493 e. The van der Waals surface area contributed by atoms with Gasteiger partial charge in [-0.1, -0.05) is 30.3 Å². The molecule has 2 amide bonds. The van der Waals surface area contributed by atoms with Gasteiger partial charge in [-0.15, -0.1) is 0 Å². The number of rotatable bonds is 7. The number of methoxy groups -OCH3 is 1. The van der Waals surface area contributed by atoms with E-state index >= 15 is 0 Å². The van der Waals surface area contributed by atoms with E-state index in [9.17, 15) is 9.59 Å². The molecular formula is C21H24N2O5. The molecule has 1 aliphatic heterocycles. The van der Waals surface area contributed by atoms with Gasteiger partial charge >= 0.3 is 0 Å². The Balaban J connectivity index is 1.73. The van der Waals surface area contributed by atoms with Gasteiger partial charge in [0.15, 0.2) is 11.5 Å². The second kappa shape index (κ2) is 9.23. The van der Waals surface area contributed by atoms with Gasteiger partial charge < -0.3 is 14.4 Å². The third kappa shape index (κ3) is 4.43. The van der Waals surface area contributed by atoms with Crippen molar-refractivity contribution in [3.05, 3.63) is 59.7 Å². The molecule has 148 valence electrons. The molecule has 0 bridgehead atoms. The third-order valence-electron chi connectivity index (χ3n) is 4.67. The summed E-state index contributed by atoms with van der Waals surface area (Å²) >= 11 is 0. The van der Waals surface area contributed by atoms with Gasteiger partial charge in [0.2, 0.25) is 0 Å². The number of hydrogen-bond acceptors (Lipinski definition) is 5. The molecule has 1 atom stereocenters. The molecule has 1 saturated heterocycles. The minimum Gasteiger partial charge on any atom is -0.493 e. The van der Waals surface area contributed by atoms with Crippen molar-refractivity contribution in [2.45, 2.75) is 25.5 Å². The fourth-order valence-electron chi connectivity index (χ4n) is 3.27. The zero-order valence-corrected chi connectivity index (χ0v) is 16.0. The maximum absolute atomic E-state index is 12.9. The van der Waals surface area contributed by atoms with E-state index in [1.807, 2.05) is 30.3 Å². The van der Waals surface area contributed by atoms with Crippen LogP contribution in [-0.4, -0.2) is 43.5 Å². The summed E-state index contributed by atoms with van der Waals surface area (Å²) < 4.78 is 11.2. The SMILES string of the molecule is CONC(=O)[C@@H]1CCCN1C(=O)c1ccc(OCc2ccccc2)c(OC)c1. The lowest BCUT2D eigenvalue weighted by Gasteiger charge is -2.24. The topological polar surface area (TPSA) is 77.1 Å². The van der Waals surface area contributed by atoms with E-state index in [1.165, 1.54) is 14.2 Å². The van der Waals surface area contributed by atoms with Crippen LogP contribution in [0.4, 0.5) is 0 Å². The predicted molar refractivity (Wildman–Crippen MR) is 103 cm³/mol. The van der Waals surface area contributed by atoms with Gasteiger partial charge in [0.1, 0.15) is 12.6 Å². The van der Waals surface area contributed by atoms with E-state index in [0.29, 0.717) is 36.6 Å². The van der Waals surface area contributed by atoms with Gasteiger partial charge in [-0.3, -0.25) is 14.4 Å². The quantitative estimate of drug-likeness (QED) is 0.743. The zero-order valence-electron chi connectivity index (χ0n) is 16.0. The highest BCUT2D eigenvalue weighted by molar-refractivity contribution is 5.98. The molecule has 0 aromatic heterocycles. The predicted octanol–water partition coefficient (Wildman–Crippen LogP) is 2.56. The van der Waals surface area contributed by atoms with Crippen LogP contribution in [-0.2, 0) is 16.2 Å². The molecule has 1 N–H and O–H groups in total. The Morgan fingerprint density at radius 2 is 1.89 bits per heavy atom. The molecule has 3 rings (SSSR count). The normalized spacial score (nSPS) is 15.9. The third-order valence-corrected chi connectivity index (χ3v) is 4.67. The van der Waals surface area contributed by atoms with Crippen LogP contribution < -0.4 is 15.0 Å². The molecule has 2 aromatic carbocycles. The Kier molecular flexibility index (Phi) is 6.49. The number of hydrogen-bond donors (Lipinski definition) is 1. The molecule has 7 heteroatoms. The molecule has 1 fully saturated rings. The van der Waals surface area contributed by atoms with Crippen LogP contribution in [0.2, 0.25) is 0 Å². The minimum atomic E-state index is -0.535. The number of nitrogens with zero attached hydrogens (tertiary/aromatic N) is 1. The molecule has 0 aliphatic carbocycles. The van der Waals surface area contributed by atoms with Gasteiger partial charge in [0, 0.05) is 12.1 Å². The highest BCUT2D eigenvalue weighted by atomic mass is 16.6. The van der Waals surface area contributed by atoms with Crippen LogP contribution in [0, 0.1) is 0 Å². The molecule has 0 saturated carbocycles. The first-order valence-electron chi connectivity index (χ1n) is 9.12. The Hall–Kier alpha value is -3.06. The van der Waals surface area contributed by atoms with Gasteiger partial charge in [-0.05, 0) is 36.6 Å². The first-order valence-corrected chi connectivity index (χ1v) is 9.12. The van der Waals surface area contributed by atoms with Gasteiger partial charge in [-0.25, -0.2) is 5.48 Å². The summed E-state index contributed by atoms with van der Waals surface area (Å²) in [4.78, 5) is 31.3. The maximum Gasteiger partial charge on any atom is 0.266 e. The summed E-state index contributed by atoms with van der Waals surface area (Å²) in [6, 6.07) is 14.3. The van der Waals surface area contributed by atoms with Crippen molar-refractivity contribution in [1.82, 2.24) is 10.4 Å².